The molecule has 0 unspecified atom stereocenters. The molecule has 5 nitrogen and oxygen atoms in total. The number of hydrogen-bond donors (Lipinski definition) is 1. The van der Waals surface area contributed by atoms with E-state index in [9.17, 15) is 9.59 Å². The Bertz CT molecular complexity index is 514. The number of benzene rings is 1. The molecule has 114 valence electrons. The van der Waals surface area contributed by atoms with Crippen LogP contribution >= 0.6 is 0 Å². The molecule has 5 heteroatoms. The summed E-state index contributed by atoms with van der Waals surface area (Å²) in [4.78, 5) is 28.1. The zero-order valence-corrected chi connectivity index (χ0v) is 13.0. The molecule has 1 aromatic carbocycles. The zero-order valence-electron chi connectivity index (χ0n) is 13.0. The van der Waals surface area contributed by atoms with Gasteiger partial charge in [-0.25, -0.2) is 0 Å². The van der Waals surface area contributed by atoms with Crippen molar-refractivity contribution in [2.75, 3.05) is 38.0 Å². The van der Waals surface area contributed by atoms with Gasteiger partial charge in [-0.05, 0) is 43.7 Å². The molecular weight excluding hydrogens is 266 g/mol. The van der Waals surface area contributed by atoms with E-state index in [2.05, 4.69) is 17.1 Å². The smallest absolute Gasteiger partial charge is 0.313 e. The number of anilines is 1. The van der Waals surface area contributed by atoms with E-state index in [-0.39, 0.29) is 0 Å². The topological polar surface area (TPSA) is 52.7 Å². The SMILES string of the molecule is CCN1CCN(C(=O)C(=O)Nc2cc(C)cc(C)c2)CC1. The van der Waals surface area contributed by atoms with Gasteiger partial charge in [-0.3, -0.25) is 9.59 Å². The molecular formula is C16H23N3O2. The molecule has 1 aliphatic heterocycles. The van der Waals surface area contributed by atoms with Crippen LogP contribution in [0.3, 0.4) is 0 Å². The minimum Gasteiger partial charge on any atom is -0.332 e. The van der Waals surface area contributed by atoms with E-state index in [0.717, 1.165) is 30.8 Å². The van der Waals surface area contributed by atoms with E-state index in [0.29, 0.717) is 18.8 Å². The molecule has 1 N–H and O–H groups in total. The Hall–Kier alpha value is -1.88. The normalized spacial score (nSPS) is 15.9. The Morgan fingerprint density at radius 3 is 2.14 bits per heavy atom. The van der Waals surface area contributed by atoms with E-state index in [1.807, 2.05) is 32.0 Å². The largest absolute Gasteiger partial charge is 0.332 e. The molecule has 1 saturated heterocycles. The van der Waals surface area contributed by atoms with Crippen LogP contribution in [0.25, 0.3) is 0 Å². The molecule has 0 radical (unpaired) electrons. The first-order valence-corrected chi connectivity index (χ1v) is 7.40. The first-order valence-electron chi connectivity index (χ1n) is 7.40. The van der Waals surface area contributed by atoms with E-state index in [4.69, 9.17) is 0 Å². The minimum absolute atomic E-state index is 0.440. The maximum atomic E-state index is 12.2. The van der Waals surface area contributed by atoms with E-state index in [1.165, 1.54) is 0 Å². The summed E-state index contributed by atoms with van der Waals surface area (Å²) in [6.07, 6.45) is 0. The summed E-state index contributed by atoms with van der Waals surface area (Å²) in [5.41, 5.74) is 2.81. The van der Waals surface area contributed by atoms with Crippen molar-refractivity contribution < 1.29 is 9.59 Å². The maximum Gasteiger partial charge on any atom is 0.313 e. The summed E-state index contributed by atoms with van der Waals surface area (Å²) >= 11 is 0. The van der Waals surface area contributed by atoms with Crippen molar-refractivity contribution in [2.24, 2.45) is 0 Å². The van der Waals surface area contributed by atoms with Crippen LogP contribution in [0.15, 0.2) is 18.2 Å². The molecule has 2 amide bonds. The Balaban J connectivity index is 1.95. The number of likely N-dealkylation sites (N-methyl/N-ethyl adjacent to an activating group) is 1. The fourth-order valence-corrected chi connectivity index (χ4v) is 2.64. The monoisotopic (exact) mass is 289 g/mol. The molecule has 2 rings (SSSR count). The number of nitrogens with zero attached hydrogens (tertiary/aromatic N) is 2. The first kappa shape index (κ1) is 15.5. The van der Waals surface area contributed by atoms with Crippen LogP contribution in [0.5, 0.6) is 0 Å². The van der Waals surface area contributed by atoms with Gasteiger partial charge < -0.3 is 15.1 Å². The molecule has 21 heavy (non-hydrogen) atoms. The summed E-state index contributed by atoms with van der Waals surface area (Å²) in [6.45, 7) is 9.92. The fourth-order valence-electron chi connectivity index (χ4n) is 2.64. The summed E-state index contributed by atoms with van der Waals surface area (Å²) in [7, 11) is 0. The predicted molar refractivity (Wildman–Crippen MR) is 83.2 cm³/mol. The number of amides is 2. The average molecular weight is 289 g/mol. The van der Waals surface area contributed by atoms with Gasteiger partial charge in [0.2, 0.25) is 0 Å². The predicted octanol–water partition coefficient (Wildman–Crippen LogP) is 1.41. The Morgan fingerprint density at radius 1 is 1.05 bits per heavy atom. The third-order valence-electron chi connectivity index (χ3n) is 3.78. The van der Waals surface area contributed by atoms with Crippen LogP contribution in [0.2, 0.25) is 0 Å². The third-order valence-corrected chi connectivity index (χ3v) is 3.78. The first-order chi connectivity index (χ1) is 9.99. The van der Waals surface area contributed by atoms with Gasteiger partial charge in [-0.2, -0.15) is 0 Å². The Kier molecular flexibility index (Phi) is 4.96. The van der Waals surface area contributed by atoms with Crippen LogP contribution in [-0.4, -0.2) is 54.3 Å². The molecule has 1 heterocycles. The van der Waals surface area contributed by atoms with Crippen LogP contribution < -0.4 is 5.32 Å². The second-order valence-electron chi connectivity index (χ2n) is 5.56. The van der Waals surface area contributed by atoms with Gasteiger partial charge in [0, 0.05) is 31.9 Å². The van der Waals surface area contributed by atoms with E-state index < -0.39 is 11.8 Å². The molecule has 1 fully saturated rings. The van der Waals surface area contributed by atoms with Gasteiger partial charge in [-0.15, -0.1) is 0 Å². The number of nitrogens with one attached hydrogen (secondary N) is 1. The van der Waals surface area contributed by atoms with Crippen LogP contribution in [0.1, 0.15) is 18.1 Å². The molecule has 0 spiro atoms. The number of rotatable bonds is 2. The summed E-state index contributed by atoms with van der Waals surface area (Å²) in [5, 5.41) is 2.70. The molecule has 0 aliphatic carbocycles. The Labute approximate surface area is 125 Å². The van der Waals surface area contributed by atoms with E-state index in [1.54, 1.807) is 4.90 Å². The summed E-state index contributed by atoms with van der Waals surface area (Å²) in [5.74, 6) is -0.991. The van der Waals surface area contributed by atoms with Gasteiger partial charge in [0.15, 0.2) is 0 Å². The highest BCUT2D eigenvalue weighted by Gasteiger charge is 2.25. The number of aryl methyl sites for hydroxylation is 2. The van der Waals surface area contributed by atoms with Gasteiger partial charge in [0.25, 0.3) is 0 Å². The zero-order chi connectivity index (χ0) is 15.4. The quantitative estimate of drug-likeness (QED) is 0.838. The lowest BCUT2D eigenvalue weighted by Gasteiger charge is -2.33. The van der Waals surface area contributed by atoms with Gasteiger partial charge in [-0.1, -0.05) is 13.0 Å². The van der Waals surface area contributed by atoms with Crippen molar-refractivity contribution >= 4 is 17.5 Å². The number of hydrogen-bond acceptors (Lipinski definition) is 3. The van der Waals surface area contributed by atoms with Gasteiger partial charge in [0.1, 0.15) is 0 Å². The van der Waals surface area contributed by atoms with Crippen LogP contribution in [-0.2, 0) is 9.59 Å². The number of carbonyl (C=O) groups is 2. The molecule has 0 aromatic heterocycles. The van der Waals surface area contributed by atoms with Gasteiger partial charge >= 0.3 is 11.8 Å². The lowest BCUT2D eigenvalue weighted by Crippen LogP contribution is -2.51. The van der Waals surface area contributed by atoms with Crippen molar-refractivity contribution in [1.29, 1.82) is 0 Å². The molecule has 0 saturated carbocycles. The van der Waals surface area contributed by atoms with Crippen molar-refractivity contribution in [2.45, 2.75) is 20.8 Å². The Morgan fingerprint density at radius 2 is 1.62 bits per heavy atom. The van der Waals surface area contributed by atoms with Crippen molar-refractivity contribution in [3.05, 3.63) is 29.3 Å². The number of piperazine rings is 1. The highest BCUT2D eigenvalue weighted by atomic mass is 16.2. The second-order valence-corrected chi connectivity index (χ2v) is 5.56. The molecule has 1 aromatic rings. The standard InChI is InChI=1S/C16H23N3O2/c1-4-18-5-7-19(8-6-18)16(21)15(20)17-14-10-12(2)9-13(3)11-14/h9-11H,4-8H2,1-3H3,(H,17,20). The molecule has 0 bridgehead atoms. The summed E-state index contributed by atoms with van der Waals surface area (Å²) in [6, 6.07) is 5.77. The van der Waals surface area contributed by atoms with Gasteiger partial charge in [0.05, 0.1) is 0 Å². The number of carbonyl (C=O) groups excluding carboxylic acids is 2. The van der Waals surface area contributed by atoms with Crippen LogP contribution in [0, 0.1) is 13.8 Å². The maximum absolute atomic E-state index is 12.2. The highest BCUT2D eigenvalue weighted by Crippen LogP contribution is 2.14. The second kappa shape index (κ2) is 6.72. The molecule has 0 atom stereocenters. The lowest BCUT2D eigenvalue weighted by molar-refractivity contribution is -0.144. The molecule has 1 aliphatic rings. The third kappa shape index (κ3) is 4.04. The minimum atomic E-state index is -0.551. The average Bonchev–Trinajstić information content (AvgIpc) is 2.45. The van der Waals surface area contributed by atoms with Crippen molar-refractivity contribution in [3.63, 3.8) is 0 Å². The van der Waals surface area contributed by atoms with Crippen molar-refractivity contribution in [3.8, 4) is 0 Å². The fraction of sp³-hybridized carbons (Fsp3) is 0.500. The lowest BCUT2D eigenvalue weighted by atomic mass is 10.1. The highest BCUT2D eigenvalue weighted by molar-refractivity contribution is 6.39. The van der Waals surface area contributed by atoms with E-state index >= 15 is 0 Å². The summed E-state index contributed by atoms with van der Waals surface area (Å²) < 4.78 is 0. The van der Waals surface area contributed by atoms with Crippen LogP contribution in [0.4, 0.5) is 5.69 Å². The van der Waals surface area contributed by atoms with Crippen molar-refractivity contribution in [1.82, 2.24) is 9.80 Å².